The van der Waals surface area contributed by atoms with E-state index in [-0.39, 0.29) is 18.4 Å². The van der Waals surface area contributed by atoms with E-state index in [1.165, 1.54) is 13.3 Å². The number of hydrogen-bond donors (Lipinski definition) is 1. The van der Waals surface area contributed by atoms with Gasteiger partial charge in [-0.3, -0.25) is 10.1 Å². The Morgan fingerprint density at radius 1 is 1.15 bits per heavy atom. The number of benzene rings is 2. The van der Waals surface area contributed by atoms with Crippen molar-refractivity contribution in [2.45, 2.75) is 6.61 Å². The van der Waals surface area contributed by atoms with E-state index >= 15 is 0 Å². The molecule has 0 radical (unpaired) electrons. The third-order valence-corrected chi connectivity index (χ3v) is 3.78. The van der Waals surface area contributed by atoms with Crippen molar-refractivity contribution in [3.8, 4) is 5.75 Å². The summed E-state index contributed by atoms with van der Waals surface area (Å²) in [5.41, 5.74) is 2.16. The normalized spacial score (nSPS) is 13.7. The maximum atomic E-state index is 11.4. The van der Waals surface area contributed by atoms with Crippen LogP contribution in [0.1, 0.15) is 21.5 Å². The summed E-state index contributed by atoms with van der Waals surface area (Å²) in [7, 11) is 1.34. The number of hydrazone groups is 1. The summed E-state index contributed by atoms with van der Waals surface area (Å²) < 4.78 is 10.4. The summed E-state index contributed by atoms with van der Waals surface area (Å²) in [4.78, 5) is 33.9. The predicted octanol–water partition coefficient (Wildman–Crippen LogP) is 1.94. The van der Waals surface area contributed by atoms with Crippen molar-refractivity contribution in [3.63, 3.8) is 0 Å². The van der Waals surface area contributed by atoms with Crippen LogP contribution >= 0.6 is 0 Å². The third kappa shape index (κ3) is 4.69. The van der Waals surface area contributed by atoms with Crippen LogP contribution in [0.2, 0.25) is 0 Å². The zero-order valence-corrected chi connectivity index (χ0v) is 14.5. The number of esters is 1. The van der Waals surface area contributed by atoms with Crippen molar-refractivity contribution >= 4 is 24.1 Å². The number of nitrogens with one attached hydrogen (secondary N) is 1. The first-order chi connectivity index (χ1) is 13.0. The molecule has 0 spiro atoms. The van der Waals surface area contributed by atoms with E-state index in [0.717, 1.165) is 16.1 Å². The fraction of sp³-hybridized carbons (Fsp3) is 0.158. The van der Waals surface area contributed by atoms with Gasteiger partial charge in [-0.05, 0) is 47.5 Å². The molecular formula is C19H17N3O5. The molecular weight excluding hydrogens is 350 g/mol. The number of nitrogens with zero attached hydrogens (tertiary/aromatic N) is 2. The van der Waals surface area contributed by atoms with Gasteiger partial charge < -0.3 is 9.47 Å². The van der Waals surface area contributed by atoms with Gasteiger partial charge in [0.15, 0.2) is 0 Å². The number of amides is 3. The summed E-state index contributed by atoms with van der Waals surface area (Å²) in [6, 6.07) is 13.6. The van der Waals surface area contributed by atoms with E-state index < -0.39 is 6.03 Å². The molecule has 1 heterocycles. The van der Waals surface area contributed by atoms with Gasteiger partial charge in [-0.15, -0.1) is 0 Å². The number of rotatable bonds is 6. The van der Waals surface area contributed by atoms with Crippen molar-refractivity contribution in [1.82, 2.24) is 10.3 Å². The van der Waals surface area contributed by atoms with E-state index in [4.69, 9.17) is 4.74 Å². The predicted molar refractivity (Wildman–Crippen MR) is 96.4 cm³/mol. The first-order valence-corrected chi connectivity index (χ1v) is 8.10. The van der Waals surface area contributed by atoms with E-state index in [1.54, 1.807) is 48.5 Å². The molecule has 2 aromatic carbocycles. The van der Waals surface area contributed by atoms with Crippen LogP contribution in [-0.4, -0.2) is 42.8 Å². The number of imide groups is 1. The number of urea groups is 1. The summed E-state index contributed by atoms with van der Waals surface area (Å²) in [5.74, 6) is -0.0886. The Labute approximate surface area is 155 Å². The minimum atomic E-state index is -0.533. The zero-order valence-electron chi connectivity index (χ0n) is 14.5. The molecule has 0 bridgehead atoms. The number of methoxy groups -OCH3 is 1. The van der Waals surface area contributed by atoms with Gasteiger partial charge in [-0.1, -0.05) is 12.1 Å². The smallest absolute Gasteiger partial charge is 0.344 e. The monoisotopic (exact) mass is 367 g/mol. The van der Waals surface area contributed by atoms with E-state index in [1.807, 2.05) is 0 Å². The fourth-order valence-electron chi connectivity index (χ4n) is 2.33. The summed E-state index contributed by atoms with van der Waals surface area (Å²) in [5, 5.41) is 7.18. The second-order valence-corrected chi connectivity index (χ2v) is 5.70. The first kappa shape index (κ1) is 18.1. The van der Waals surface area contributed by atoms with Gasteiger partial charge >= 0.3 is 12.0 Å². The van der Waals surface area contributed by atoms with Crippen molar-refractivity contribution in [3.05, 3.63) is 65.2 Å². The average Bonchev–Trinajstić information content (AvgIpc) is 3.02. The molecule has 1 saturated heterocycles. The van der Waals surface area contributed by atoms with Crippen LogP contribution in [0.25, 0.3) is 0 Å². The van der Waals surface area contributed by atoms with E-state index in [0.29, 0.717) is 17.9 Å². The van der Waals surface area contributed by atoms with E-state index in [2.05, 4.69) is 15.2 Å². The molecule has 27 heavy (non-hydrogen) atoms. The Balaban J connectivity index is 1.54. The lowest BCUT2D eigenvalue weighted by atomic mass is 10.1. The van der Waals surface area contributed by atoms with Gasteiger partial charge in [0, 0.05) is 0 Å². The summed E-state index contributed by atoms with van der Waals surface area (Å²) in [6.07, 6.45) is 1.49. The average molecular weight is 367 g/mol. The Morgan fingerprint density at radius 3 is 2.44 bits per heavy atom. The Bertz CT molecular complexity index is 875. The quantitative estimate of drug-likeness (QED) is 0.478. The Morgan fingerprint density at radius 2 is 1.85 bits per heavy atom. The van der Waals surface area contributed by atoms with Crippen LogP contribution in [0.5, 0.6) is 5.75 Å². The van der Waals surface area contributed by atoms with Crippen molar-refractivity contribution in [1.29, 1.82) is 0 Å². The fourth-order valence-corrected chi connectivity index (χ4v) is 2.33. The lowest BCUT2D eigenvalue weighted by Crippen LogP contribution is -2.24. The van der Waals surface area contributed by atoms with Crippen molar-refractivity contribution < 1.29 is 23.9 Å². The van der Waals surface area contributed by atoms with Crippen LogP contribution < -0.4 is 10.1 Å². The van der Waals surface area contributed by atoms with Crippen molar-refractivity contribution in [2.75, 3.05) is 13.7 Å². The van der Waals surface area contributed by atoms with Gasteiger partial charge in [-0.25, -0.2) is 14.6 Å². The molecule has 8 nitrogen and oxygen atoms in total. The molecule has 1 aliphatic rings. The minimum Gasteiger partial charge on any atom is -0.489 e. The lowest BCUT2D eigenvalue weighted by Gasteiger charge is -2.08. The van der Waals surface area contributed by atoms with Gasteiger partial charge in [0.1, 0.15) is 18.9 Å². The molecule has 1 fully saturated rings. The van der Waals surface area contributed by atoms with Crippen LogP contribution in [0.3, 0.4) is 0 Å². The molecule has 0 unspecified atom stereocenters. The molecule has 0 aliphatic carbocycles. The third-order valence-electron chi connectivity index (χ3n) is 3.78. The highest BCUT2D eigenvalue weighted by Crippen LogP contribution is 2.14. The van der Waals surface area contributed by atoms with Crippen LogP contribution in [0, 0.1) is 0 Å². The van der Waals surface area contributed by atoms with E-state index in [9.17, 15) is 14.4 Å². The Hall–Kier alpha value is -3.68. The van der Waals surface area contributed by atoms with Gasteiger partial charge in [0.05, 0.1) is 18.9 Å². The standard InChI is InChI=1S/C19H17N3O5/c1-26-18(24)15-6-2-14(3-7-15)12-27-16-8-4-13(5-9-16)10-20-22-11-17(23)21-19(22)25/h2-10H,11-12H2,1H3,(H,21,23,25). The van der Waals surface area contributed by atoms with Gasteiger partial charge in [0.2, 0.25) is 5.91 Å². The molecule has 3 amide bonds. The van der Waals surface area contributed by atoms with Crippen LogP contribution in [-0.2, 0) is 16.1 Å². The Kier molecular flexibility index (Phi) is 5.46. The topological polar surface area (TPSA) is 97.3 Å². The number of hydrogen-bond acceptors (Lipinski definition) is 6. The SMILES string of the molecule is COC(=O)c1ccc(COc2ccc(C=NN3CC(=O)NC3=O)cc2)cc1. The molecule has 0 saturated carbocycles. The number of carbonyl (C=O) groups is 3. The van der Waals surface area contributed by atoms with Crippen molar-refractivity contribution in [2.24, 2.45) is 5.10 Å². The van der Waals surface area contributed by atoms with Gasteiger partial charge in [0.25, 0.3) is 0 Å². The highest BCUT2D eigenvalue weighted by Gasteiger charge is 2.25. The summed E-state index contributed by atoms with van der Waals surface area (Å²) >= 11 is 0. The molecule has 1 aliphatic heterocycles. The zero-order chi connectivity index (χ0) is 19.2. The first-order valence-electron chi connectivity index (χ1n) is 8.10. The molecule has 1 N–H and O–H groups in total. The largest absolute Gasteiger partial charge is 0.489 e. The second kappa shape index (κ2) is 8.13. The molecule has 3 rings (SSSR count). The van der Waals surface area contributed by atoms with Gasteiger partial charge in [-0.2, -0.15) is 5.10 Å². The lowest BCUT2D eigenvalue weighted by molar-refractivity contribution is -0.118. The maximum Gasteiger partial charge on any atom is 0.344 e. The number of ether oxygens (including phenoxy) is 2. The minimum absolute atomic E-state index is 0.0781. The molecule has 2 aromatic rings. The molecule has 8 heteroatoms. The van der Waals surface area contributed by atoms with Crippen LogP contribution in [0.15, 0.2) is 53.6 Å². The number of carbonyl (C=O) groups excluding carboxylic acids is 3. The molecule has 0 atom stereocenters. The highest BCUT2D eigenvalue weighted by atomic mass is 16.5. The summed E-state index contributed by atoms with van der Waals surface area (Å²) in [6.45, 7) is 0.274. The highest BCUT2D eigenvalue weighted by molar-refractivity contribution is 6.02. The maximum absolute atomic E-state index is 11.4. The van der Waals surface area contributed by atoms with Crippen LogP contribution in [0.4, 0.5) is 4.79 Å². The molecule has 0 aromatic heterocycles. The molecule has 138 valence electrons. The second-order valence-electron chi connectivity index (χ2n) is 5.70.